The number of carbonyl (C=O) groups is 1. The van der Waals surface area contributed by atoms with E-state index in [0.29, 0.717) is 18.5 Å². The zero-order chi connectivity index (χ0) is 12.8. The van der Waals surface area contributed by atoms with Gasteiger partial charge in [-0.15, -0.1) is 0 Å². The lowest BCUT2D eigenvalue weighted by atomic mass is 10.1. The quantitative estimate of drug-likeness (QED) is 0.749. The number of hydrogen-bond donors (Lipinski definition) is 2. The van der Waals surface area contributed by atoms with E-state index in [0.717, 1.165) is 25.9 Å². The second-order valence-corrected chi connectivity index (χ2v) is 5.44. The Bertz CT molecular complexity index is 235. The molecule has 0 saturated carbocycles. The van der Waals surface area contributed by atoms with Gasteiger partial charge in [-0.2, -0.15) is 0 Å². The molecule has 1 aliphatic rings. The Morgan fingerprint density at radius 1 is 1.29 bits per heavy atom. The minimum absolute atomic E-state index is 0.161. The topological polar surface area (TPSA) is 44.4 Å². The van der Waals surface area contributed by atoms with Gasteiger partial charge in [0.2, 0.25) is 5.91 Å². The Kier molecular flexibility index (Phi) is 5.92. The van der Waals surface area contributed by atoms with Gasteiger partial charge in [-0.05, 0) is 32.7 Å². The first-order valence-electron chi connectivity index (χ1n) is 6.72. The maximum atomic E-state index is 11.8. The fourth-order valence-electron chi connectivity index (χ4n) is 2.05. The van der Waals surface area contributed by atoms with Gasteiger partial charge in [0.05, 0.1) is 6.54 Å². The summed E-state index contributed by atoms with van der Waals surface area (Å²) >= 11 is 0. The van der Waals surface area contributed by atoms with Crippen LogP contribution in [0.1, 0.15) is 33.6 Å². The summed E-state index contributed by atoms with van der Waals surface area (Å²) < 4.78 is 0. The van der Waals surface area contributed by atoms with Crippen LogP contribution in [0.2, 0.25) is 0 Å². The zero-order valence-electron chi connectivity index (χ0n) is 11.6. The predicted octanol–water partition coefficient (Wildman–Crippen LogP) is 0.831. The molecule has 0 aromatic heterocycles. The number of rotatable bonds is 5. The van der Waals surface area contributed by atoms with Crippen LogP contribution in [0.25, 0.3) is 0 Å². The summed E-state index contributed by atoms with van der Waals surface area (Å²) in [6.07, 6.45) is 2.28. The highest BCUT2D eigenvalue weighted by molar-refractivity contribution is 5.78. The highest BCUT2D eigenvalue weighted by atomic mass is 16.2. The highest BCUT2D eigenvalue weighted by Crippen LogP contribution is 2.09. The monoisotopic (exact) mass is 241 g/mol. The maximum Gasteiger partial charge on any atom is 0.234 e. The number of piperidine rings is 1. The molecular formula is C13H27N3O. The normalized spacial score (nSPS) is 20.5. The molecule has 0 aliphatic carbocycles. The van der Waals surface area contributed by atoms with E-state index in [2.05, 4.69) is 36.3 Å². The summed E-state index contributed by atoms with van der Waals surface area (Å²) in [5, 5.41) is 6.35. The maximum absolute atomic E-state index is 11.8. The van der Waals surface area contributed by atoms with E-state index in [4.69, 9.17) is 0 Å². The molecular weight excluding hydrogens is 214 g/mol. The summed E-state index contributed by atoms with van der Waals surface area (Å²) in [5.41, 5.74) is 0. The van der Waals surface area contributed by atoms with Crippen LogP contribution >= 0.6 is 0 Å². The first kappa shape index (κ1) is 14.5. The SMILES string of the molecule is CNC1CCN(CC(=O)NC(C)C(C)C)CC1. The Morgan fingerprint density at radius 3 is 2.35 bits per heavy atom. The van der Waals surface area contributed by atoms with Gasteiger partial charge < -0.3 is 10.6 Å². The standard InChI is InChI=1S/C13H27N3O/c1-10(2)11(3)15-13(17)9-16-7-5-12(14-4)6-8-16/h10-12,14H,5-9H2,1-4H3,(H,15,17). The third-order valence-electron chi connectivity index (χ3n) is 3.75. The largest absolute Gasteiger partial charge is 0.352 e. The molecule has 0 aromatic carbocycles. The molecule has 4 nitrogen and oxygen atoms in total. The Labute approximate surface area is 105 Å². The molecule has 17 heavy (non-hydrogen) atoms. The van der Waals surface area contributed by atoms with Gasteiger partial charge in [-0.3, -0.25) is 9.69 Å². The summed E-state index contributed by atoms with van der Waals surface area (Å²) in [5.74, 6) is 0.656. The van der Waals surface area contributed by atoms with Crippen LogP contribution in [0, 0.1) is 5.92 Å². The number of amides is 1. The van der Waals surface area contributed by atoms with Crippen LogP contribution in [-0.2, 0) is 4.79 Å². The second-order valence-electron chi connectivity index (χ2n) is 5.44. The first-order valence-corrected chi connectivity index (χ1v) is 6.72. The molecule has 2 N–H and O–H groups in total. The van der Waals surface area contributed by atoms with Crippen molar-refractivity contribution in [2.75, 3.05) is 26.7 Å². The number of nitrogens with one attached hydrogen (secondary N) is 2. The third kappa shape index (κ3) is 5.04. The molecule has 0 spiro atoms. The van der Waals surface area contributed by atoms with Crippen LogP contribution in [-0.4, -0.2) is 49.6 Å². The average Bonchev–Trinajstić information content (AvgIpc) is 2.29. The van der Waals surface area contributed by atoms with E-state index < -0.39 is 0 Å². The fraction of sp³-hybridized carbons (Fsp3) is 0.923. The highest BCUT2D eigenvalue weighted by Gasteiger charge is 2.20. The van der Waals surface area contributed by atoms with Gasteiger partial charge in [0, 0.05) is 25.2 Å². The van der Waals surface area contributed by atoms with E-state index in [1.807, 2.05) is 7.05 Å². The Morgan fingerprint density at radius 2 is 1.88 bits per heavy atom. The molecule has 1 fully saturated rings. The van der Waals surface area contributed by atoms with Crippen molar-refractivity contribution in [1.82, 2.24) is 15.5 Å². The van der Waals surface area contributed by atoms with Gasteiger partial charge in [0.25, 0.3) is 0 Å². The predicted molar refractivity (Wildman–Crippen MR) is 71.0 cm³/mol. The van der Waals surface area contributed by atoms with Crippen molar-refractivity contribution in [3.05, 3.63) is 0 Å². The minimum atomic E-state index is 0.161. The summed E-state index contributed by atoms with van der Waals surface area (Å²) in [6, 6.07) is 0.890. The van der Waals surface area contributed by atoms with Crippen molar-refractivity contribution in [3.8, 4) is 0 Å². The molecule has 1 rings (SSSR count). The molecule has 100 valence electrons. The van der Waals surface area contributed by atoms with Crippen LogP contribution in [0.5, 0.6) is 0 Å². The fourth-order valence-corrected chi connectivity index (χ4v) is 2.05. The lowest BCUT2D eigenvalue weighted by Gasteiger charge is -2.31. The van der Waals surface area contributed by atoms with E-state index in [-0.39, 0.29) is 11.9 Å². The lowest BCUT2D eigenvalue weighted by Crippen LogP contribution is -2.47. The van der Waals surface area contributed by atoms with Gasteiger partial charge in [-0.25, -0.2) is 0 Å². The first-order chi connectivity index (χ1) is 8.02. The van der Waals surface area contributed by atoms with Crippen molar-refractivity contribution in [2.24, 2.45) is 5.92 Å². The molecule has 1 atom stereocenters. The van der Waals surface area contributed by atoms with Crippen molar-refractivity contribution in [1.29, 1.82) is 0 Å². The summed E-state index contributed by atoms with van der Waals surface area (Å²) in [7, 11) is 2.01. The van der Waals surface area contributed by atoms with Crippen molar-refractivity contribution in [2.45, 2.75) is 45.7 Å². The summed E-state index contributed by atoms with van der Waals surface area (Å²) in [6.45, 7) is 8.92. The molecule has 0 radical (unpaired) electrons. The molecule has 1 aliphatic heterocycles. The van der Waals surface area contributed by atoms with Crippen LogP contribution in [0.3, 0.4) is 0 Å². The zero-order valence-corrected chi connectivity index (χ0v) is 11.6. The summed E-state index contributed by atoms with van der Waals surface area (Å²) in [4.78, 5) is 14.1. The van der Waals surface area contributed by atoms with Crippen molar-refractivity contribution < 1.29 is 4.79 Å². The minimum Gasteiger partial charge on any atom is -0.352 e. The molecule has 4 heteroatoms. The Hall–Kier alpha value is -0.610. The van der Waals surface area contributed by atoms with Crippen LogP contribution in [0.15, 0.2) is 0 Å². The van der Waals surface area contributed by atoms with Gasteiger partial charge in [0.15, 0.2) is 0 Å². The number of likely N-dealkylation sites (tertiary alicyclic amines) is 1. The van der Waals surface area contributed by atoms with E-state index in [9.17, 15) is 4.79 Å². The van der Waals surface area contributed by atoms with Crippen LogP contribution < -0.4 is 10.6 Å². The van der Waals surface area contributed by atoms with Crippen molar-refractivity contribution >= 4 is 5.91 Å². The molecule has 1 unspecified atom stereocenters. The van der Waals surface area contributed by atoms with E-state index in [1.165, 1.54) is 0 Å². The van der Waals surface area contributed by atoms with Crippen molar-refractivity contribution in [3.63, 3.8) is 0 Å². The molecule has 1 amide bonds. The molecule has 0 bridgehead atoms. The van der Waals surface area contributed by atoms with E-state index in [1.54, 1.807) is 0 Å². The van der Waals surface area contributed by atoms with Crippen LogP contribution in [0.4, 0.5) is 0 Å². The Balaban J connectivity index is 2.23. The molecule has 0 aromatic rings. The van der Waals surface area contributed by atoms with E-state index >= 15 is 0 Å². The smallest absolute Gasteiger partial charge is 0.234 e. The van der Waals surface area contributed by atoms with Gasteiger partial charge >= 0.3 is 0 Å². The lowest BCUT2D eigenvalue weighted by molar-refractivity contribution is -0.123. The van der Waals surface area contributed by atoms with Gasteiger partial charge in [0.1, 0.15) is 0 Å². The van der Waals surface area contributed by atoms with Gasteiger partial charge in [-0.1, -0.05) is 13.8 Å². The number of hydrogen-bond acceptors (Lipinski definition) is 3. The number of nitrogens with zero attached hydrogens (tertiary/aromatic N) is 1. The molecule has 1 heterocycles. The second kappa shape index (κ2) is 6.97. The molecule has 1 saturated heterocycles. The third-order valence-corrected chi connectivity index (χ3v) is 3.75. The number of carbonyl (C=O) groups excluding carboxylic acids is 1. The average molecular weight is 241 g/mol.